The maximum absolute atomic E-state index is 10.8. The Morgan fingerprint density at radius 3 is 2.05 bits per heavy atom. The molecule has 2 unspecified atom stereocenters. The van der Waals surface area contributed by atoms with E-state index in [0.29, 0.717) is 18.5 Å². The molecule has 1 aromatic rings. The van der Waals surface area contributed by atoms with E-state index in [2.05, 4.69) is 4.98 Å². The van der Waals surface area contributed by atoms with Gasteiger partial charge in [-0.15, -0.1) is 0 Å². The van der Waals surface area contributed by atoms with E-state index >= 15 is 0 Å². The van der Waals surface area contributed by atoms with Crippen LogP contribution in [0.4, 0.5) is 0 Å². The van der Waals surface area contributed by atoms with Crippen LogP contribution >= 0.6 is 0 Å². The van der Waals surface area contributed by atoms with Crippen LogP contribution in [0.15, 0.2) is 18.3 Å². The molecule has 7 heteroatoms. The van der Waals surface area contributed by atoms with Gasteiger partial charge in [-0.2, -0.15) is 0 Å². The van der Waals surface area contributed by atoms with Crippen molar-refractivity contribution in [2.45, 2.75) is 30.8 Å². The maximum Gasteiger partial charge on any atom is 0.337 e. The number of carbonyl (C=O) groups is 1. The molecule has 7 N–H and O–H groups in total. The lowest BCUT2D eigenvalue weighted by Crippen LogP contribution is -2.32. The molecule has 0 radical (unpaired) electrons. The second kappa shape index (κ2) is 7.91. The summed E-state index contributed by atoms with van der Waals surface area (Å²) in [7, 11) is 0. The van der Waals surface area contributed by atoms with E-state index in [0.717, 1.165) is 0 Å². The number of pyridine rings is 1. The summed E-state index contributed by atoms with van der Waals surface area (Å²) in [5, 5.41) is 26.9. The number of carboxylic acid groups (broad SMARTS) is 1. The van der Waals surface area contributed by atoms with E-state index in [1.54, 1.807) is 6.07 Å². The number of carboxylic acids is 1. The lowest BCUT2D eigenvalue weighted by atomic mass is 9.90. The van der Waals surface area contributed by atoms with Gasteiger partial charge in [0.05, 0.1) is 18.8 Å². The predicted octanol–water partition coefficient (Wildman–Crippen LogP) is -0.717. The zero-order valence-corrected chi connectivity index (χ0v) is 11.1. The van der Waals surface area contributed by atoms with Crippen LogP contribution in [0.5, 0.6) is 0 Å². The smallest absolute Gasteiger partial charge is 0.337 e. The number of nitrogens with zero attached hydrogens (tertiary/aromatic N) is 1. The number of nitrogens with two attached hydrogens (primary N) is 2. The monoisotopic (exact) mass is 283 g/mol. The van der Waals surface area contributed by atoms with Crippen LogP contribution in [-0.2, 0) is 0 Å². The van der Waals surface area contributed by atoms with Gasteiger partial charge >= 0.3 is 5.97 Å². The fraction of sp³-hybridized carbons (Fsp3) is 0.538. The van der Waals surface area contributed by atoms with E-state index in [4.69, 9.17) is 26.8 Å². The van der Waals surface area contributed by atoms with Crippen LogP contribution in [-0.4, -0.2) is 51.6 Å². The van der Waals surface area contributed by atoms with Gasteiger partial charge in [-0.25, -0.2) is 4.79 Å². The number of hydrogen-bond acceptors (Lipinski definition) is 6. The van der Waals surface area contributed by atoms with Crippen LogP contribution < -0.4 is 11.5 Å². The average Bonchev–Trinajstić information content (AvgIpc) is 2.46. The molecule has 0 bridgehead atoms. The van der Waals surface area contributed by atoms with Crippen molar-refractivity contribution < 1.29 is 20.1 Å². The summed E-state index contributed by atoms with van der Waals surface area (Å²) in [4.78, 5) is 14.9. The van der Waals surface area contributed by atoms with Crippen LogP contribution in [0.25, 0.3) is 0 Å². The normalized spacial score (nSPS) is 15.6. The molecule has 1 aromatic heterocycles. The summed E-state index contributed by atoms with van der Waals surface area (Å²) in [6.07, 6.45) is 2.20. The molecule has 0 aromatic carbocycles. The first-order valence-corrected chi connectivity index (χ1v) is 6.40. The van der Waals surface area contributed by atoms with Crippen molar-refractivity contribution in [2.24, 2.45) is 11.5 Å². The van der Waals surface area contributed by atoms with E-state index < -0.39 is 18.1 Å². The molecule has 0 aliphatic rings. The van der Waals surface area contributed by atoms with E-state index in [9.17, 15) is 4.79 Å². The van der Waals surface area contributed by atoms with E-state index in [1.165, 1.54) is 12.3 Å². The molecule has 0 fully saturated rings. The third-order valence-electron chi connectivity index (χ3n) is 3.10. The standard InChI is InChI=1S/C13H21N3O4/c14-10(6-17)3-9(4-11(15)7-18)12-2-1-8(5-16-12)13(19)20/h1-2,5,9-11,17-18H,3-4,6-7,14-15H2,(H,19,20). The SMILES string of the molecule is NC(CO)CC(CC(N)CO)c1ccc(C(=O)O)cn1. The Morgan fingerprint density at radius 2 is 1.70 bits per heavy atom. The van der Waals surface area contributed by atoms with Gasteiger partial charge < -0.3 is 26.8 Å². The Kier molecular flexibility index (Phi) is 6.53. The fourth-order valence-electron chi connectivity index (χ4n) is 1.99. The third kappa shape index (κ3) is 4.86. The summed E-state index contributed by atoms with van der Waals surface area (Å²) in [5.41, 5.74) is 12.2. The van der Waals surface area contributed by atoms with Gasteiger partial charge in [-0.1, -0.05) is 0 Å². The number of hydrogen-bond donors (Lipinski definition) is 5. The Bertz CT molecular complexity index is 412. The molecule has 0 amide bonds. The van der Waals surface area contributed by atoms with Crippen molar-refractivity contribution in [1.29, 1.82) is 0 Å². The van der Waals surface area contributed by atoms with Crippen LogP contribution in [0.1, 0.15) is 34.8 Å². The highest BCUT2D eigenvalue weighted by Crippen LogP contribution is 2.24. The first-order valence-electron chi connectivity index (χ1n) is 6.40. The zero-order chi connectivity index (χ0) is 15.1. The summed E-state index contributed by atoms with van der Waals surface area (Å²) >= 11 is 0. The van der Waals surface area contributed by atoms with Crippen LogP contribution in [0, 0.1) is 0 Å². The molecule has 0 saturated heterocycles. The summed E-state index contributed by atoms with van der Waals surface area (Å²) in [6.45, 7) is -0.309. The first-order chi connectivity index (χ1) is 9.47. The van der Waals surface area contributed by atoms with Gasteiger partial charge in [0.15, 0.2) is 0 Å². The number of aliphatic hydroxyl groups is 2. The summed E-state index contributed by atoms with van der Waals surface area (Å²) < 4.78 is 0. The lowest BCUT2D eigenvalue weighted by Gasteiger charge is -2.22. The second-order valence-corrected chi connectivity index (χ2v) is 4.83. The van der Waals surface area contributed by atoms with Crippen LogP contribution in [0.2, 0.25) is 0 Å². The summed E-state index contributed by atoms with van der Waals surface area (Å²) in [5.74, 6) is -1.18. The highest BCUT2D eigenvalue weighted by Gasteiger charge is 2.20. The summed E-state index contributed by atoms with van der Waals surface area (Å²) in [6, 6.07) is 2.26. The molecule has 2 atom stereocenters. The molecule has 1 rings (SSSR count). The number of rotatable bonds is 8. The molecule has 112 valence electrons. The fourth-order valence-corrected chi connectivity index (χ4v) is 1.99. The second-order valence-electron chi connectivity index (χ2n) is 4.83. The minimum absolute atomic E-state index is 0.102. The van der Waals surface area contributed by atoms with Gasteiger partial charge in [-0.05, 0) is 25.0 Å². The van der Waals surface area contributed by atoms with E-state index in [1.807, 2.05) is 0 Å². The Morgan fingerprint density at radius 1 is 1.15 bits per heavy atom. The number of aromatic nitrogens is 1. The molecular formula is C13H21N3O4. The molecular weight excluding hydrogens is 262 g/mol. The average molecular weight is 283 g/mol. The molecule has 0 aliphatic carbocycles. The van der Waals surface area contributed by atoms with Crippen LogP contribution in [0.3, 0.4) is 0 Å². The first kappa shape index (κ1) is 16.5. The predicted molar refractivity (Wildman–Crippen MR) is 73.3 cm³/mol. The van der Waals surface area contributed by atoms with Gasteiger partial charge in [0.1, 0.15) is 0 Å². The highest BCUT2D eigenvalue weighted by molar-refractivity contribution is 5.87. The van der Waals surface area contributed by atoms with E-state index in [-0.39, 0.29) is 24.7 Å². The van der Waals surface area contributed by atoms with Gasteiger partial charge in [0.25, 0.3) is 0 Å². The van der Waals surface area contributed by atoms with Crippen molar-refractivity contribution in [2.75, 3.05) is 13.2 Å². The molecule has 0 saturated carbocycles. The Hall–Kier alpha value is -1.54. The maximum atomic E-state index is 10.8. The van der Waals surface area contributed by atoms with Crippen molar-refractivity contribution in [3.8, 4) is 0 Å². The van der Waals surface area contributed by atoms with Crippen molar-refractivity contribution >= 4 is 5.97 Å². The van der Waals surface area contributed by atoms with Crippen molar-refractivity contribution in [3.63, 3.8) is 0 Å². The number of aromatic carboxylic acids is 1. The minimum Gasteiger partial charge on any atom is -0.478 e. The minimum atomic E-state index is -1.04. The number of aliphatic hydroxyl groups excluding tert-OH is 2. The Labute approximate surface area is 117 Å². The molecule has 7 nitrogen and oxygen atoms in total. The van der Waals surface area contributed by atoms with Gasteiger partial charge in [0.2, 0.25) is 0 Å². The molecule has 20 heavy (non-hydrogen) atoms. The molecule has 0 spiro atoms. The molecule has 0 aliphatic heterocycles. The Balaban J connectivity index is 2.87. The third-order valence-corrected chi connectivity index (χ3v) is 3.10. The van der Waals surface area contributed by atoms with Gasteiger partial charge in [-0.3, -0.25) is 4.98 Å². The largest absolute Gasteiger partial charge is 0.478 e. The lowest BCUT2D eigenvalue weighted by molar-refractivity contribution is 0.0696. The van der Waals surface area contributed by atoms with Gasteiger partial charge in [0, 0.05) is 29.9 Å². The van der Waals surface area contributed by atoms with Crippen molar-refractivity contribution in [1.82, 2.24) is 4.98 Å². The van der Waals surface area contributed by atoms with Crippen molar-refractivity contribution in [3.05, 3.63) is 29.6 Å². The molecule has 1 heterocycles. The quantitative estimate of drug-likeness (QED) is 0.423. The zero-order valence-electron chi connectivity index (χ0n) is 11.1. The highest BCUT2D eigenvalue weighted by atomic mass is 16.4. The topological polar surface area (TPSA) is 143 Å².